The van der Waals surface area contributed by atoms with Crippen LogP contribution in [0, 0.1) is 5.82 Å². The maximum absolute atomic E-state index is 12.9. The van der Waals surface area contributed by atoms with Crippen molar-refractivity contribution in [1.82, 2.24) is 9.97 Å². The average molecular weight is 364 g/mol. The molecule has 0 amide bonds. The maximum atomic E-state index is 12.9. The van der Waals surface area contributed by atoms with Gasteiger partial charge < -0.3 is 10.6 Å². The Morgan fingerprint density at radius 3 is 2.30 bits per heavy atom. The summed E-state index contributed by atoms with van der Waals surface area (Å²) >= 11 is 0. The Balaban J connectivity index is 1.57. The van der Waals surface area contributed by atoms with Crippen molar-refractivity contribution < 1.29 is 4.39 Å². The predicted molar refractivity (Wildman–Crippen MR) is 109 cm³/mol. The van der Waals surface area contributed by atoms with Crippen LogP contribution in [0.1, 0.15) is 31.9 Å². The van der Waals surface area contributed by atoms with Gasteiger partial charge in [0.15, 0.2) is 0 Å². The van der Waals surface area contributed by atoms with Crippen LogP contribution in [0.4, 0.5) is 21.8 Å². The van der Waals surface area contributed by atoms with E-state index in [9.17, 15) is 4.39 Å². The number of nitrogens with zero attached hydrogens (tertiary/aromatic N) is 2. The highest BCUT2D eigenvalue weighted by Gasteiger charge is 2.12. The minimum absolute atomic E-state index is 0.128. The molecule has 3 aromatic rings. The van der Waals surface area contributed by atoms with Crippen molar-refractivity contribution in [3.63, 3.8) is 0 Å². The lowest BCUT2D eigenvalue weighted by molar-refractivity contribution is 0.590. The molecule has 0 spiro atoms. The molecule has 3 rings (SSSR count). The Bertz CT molecular complexity index is 868. The van der Waals surface area contributed by atoms with E-state index < -0.39 is 0 Å². The Labute approximate surface area is 159 Å². The van der Waals surface area contributed by atoms with Gasteiger partial charge in [0.25, 0.3) is 0 Å². The van der Waals surface area contributed by atoms with Gasteiger partial charge in [0.1, 0.15) is 11.6 Å². The zero-order valence-electron chi connectivity index (χ0n) is 16.0. The molecule has 0 aliphatic carbocycles. The Morgan fingerprint density at radius 2 is 1.63 bits per heavy atom. The van der Waals surface area contributed by atoms with Crippen molar-refractivity contribution in [2.24, 2.45) is 0 Å². The Hall–Kier alpha value is -2.95. The van der Waals surface area contributed by atoms with Crippen molar-refractivity contribution in [1.29, 1.82) is 0 Å². The average Bonchev–Trinajstić information content (AvgIpc) is 2.63. The molecule has 0 aliphatic rings. The van der Waals surface area contributed by atoms with E-state index in [1.807, 2.05) is 18.2 Å². The summed E-state index contributed by atoms with van der Waals surface area (Å²) in [5.41, 5.74) is 3.44. The summed E-state index contributed by atoms with van der Waals surface area (Å²) < 4.78 is 12.9. The maximum Gasteiger partial charge on any atom is 0.229 e. The number of benzene rings is 2. The lowest BCUT2D eigenvalue weighted by Gasteiger charge is -2.19. The quantitative estimate of drug-likeness (QED) is 0.622. The first-order valence-electron chi connectivity index (χ1n) is 9.09. The van der Waals surface area contributed by atoms with Gasteiger partial charge in [-0.15, -0.1) is 0 Å². The van der Waals surface area contributed by atoms with Gasteiger partial charge in [-0.25, -0.2) is 9.37 Å². The molecule has 4 nitrogen and oxygen atoms in total. The van der Waals surface area contributed by atoms with E-state index in [0.717, 1.165) is 23.5 Å². The highest BCUT2D eigenvalue weighted by atomic mass is 19.1. The third-order valence-corrected chi connectivity index (χ3v) is 4.30. The normalized spacial score (nSPS) is 11.3. The first-order valence-corrected chi connectivity index (χ1v) is 9.09. The van der Waals surface area contributed by atoms with Crippen molar-refractivity contribution in [2.45, 2.75) is 32.6 Å². The molecule has 5 heteroatoms. The molecule has 1 aromatic heterocycles. The highest BCUT2D eigenvalue weighted by molar-refractivity contribution is 5.55. The summed E-state index contributed by atoms with van der Waals surface area (Å²) in [5, 5.41) is 6.51. The molecule has 0 radical (unpaired) electrons. The van der Waals surface area contributed by atoms with E-state index in [-0.39, 0.29) is 11.2 Å². The minimum atomic E-state index is -0.214. The molecule has 140 valence electrons. The Kier molecular flexibility index (Phi) is 5.69. The molecule has 0 aliphatic heterocycles. The number of halogens is 1. The van der Waals surface area contributed by atoms with E-state index in [2.05, 4.69) is 53.5 Å². The third kappa shape index (κ3) is 5.51. The third-order valence-electron chi connectivity index (χ3n) is 4.30. The van der Waals surface area contributed by atoms with Gasteiger partial charge in [-0.3, -0.25) is 0 Å². The molecular formula is C22H25FN4. The predicted octanol–water partition coefficient (Wildman–Crippen LogP) is 5.31. The van der Waals surface area contributed by atoms with Crippen LogP contribution < -0.4 is 10.6 Å². The van der Waals surface area contributed by atoms with Crippen LogP contribution in [0.25, 0.3) is 0 Å². The lowest BCUT2D eigenvalue weighted by atomic mass is 9.87. The summed E-state index contributed by atoms with van der Waals surface area (Å²) in [6.45, 7) is 7.29. The molecule has 27 heavy (non-hydrogen) atoms. The SMILES string of the molecule is CC(C)(C)c1ccc(Nc2nccc(NCCc3ccc(F)cc3)n2)cc1. The molecule has 0 saturated carbocycles. The summed E-state index contributed by atoms with van der Waals surface area (Å²) in [7, 11) is 0. The largest absolute Gasteiger partial charge is 0.370 e. The molecular weight excluding hydrogens is 339 g/mol. The second kappa shape index (κ2) is 8.16. The van der Waals surface area contributed by atoms with Crippen molar-refractivity contribution in [3.05, 3.63) is 77.7 Å². The van der Waals surface area contributed by atoms with Crippen LogP contribution in [-0.4, -0.2) is 16.5 Å². The topological polar surface area (TPSA) is 49.8 Å². The molecule has 2 aromatic carbocycles. The van der Waals surface area contributed by atoms with E-state index in [4.69, 9.17) is 0 Å². The van der Waals surface area contributed by atoms with Gasteiger partial charge in [0.2, 0.25) is 5.95 Å². The summed E-state index contributed by atoms with van der Waals surface area (Å²) in [6.07, 6.45) is 2.51. The van der Waals surface area contributed by atoms with Gasteiger partial charge in [-0.2, -0.15) is 4.98 Å². The molecule has 0 fully saturated rings. The number of nitrogens with one attached hydrogen (secondary N) is 2. The molecule has 0 saturated heterocycles. The highest BCUT2D eigenvalue weighted by Crippen LogP contribution is 2.24. The molecule has 0 atom stereocenters. The van der Waals surface area contributed by atoms with E-state index >= 15 is 0 Å². The fourth-order valence-electron chi connectivity index (χ4n) is 2.69. The standard InChI is InChI=1S/C22H25FN4/c1-22(2,3)17-6-10-19(11-7-17)26-21-25-15-13-20(27-21)24-14-12-16-4-8-18(23)9-5-16/h4-11,13,15H,12,14H2,1-3H3,(H2,24,25,26,27). The van der Waals surface area contributed by atoms with Gasteiger partial charge >= 0.3 is 0 Å². The fraction of sp³-hybridized carbons (Fsp3) is 0.273. The van der Waals surface area contributed by atoms with Crippen LogP contribution in [0.5, 0.6) is 0 Å². The van der Waals surface area contributed by atoms with E-state index in [1.54, 1.807) is 18.3 Å². The smallest absolute Gasteiger partial charge is 0.229 e. The van der Waals surface area contributed by atoms with Gasteiger partial charge in [-0.05, 0) is 53.3 Å². The lowest BCUT2D eigenvalue weighted by Crippen LogP contribution is -2.10. The van der Waals surface area contributed by atoms with Crippen LogP contribution in [-0.2, 0) is 11.8 Å². The molecule has 0 bridgehead atoms. The summed E-state index contributed by atoms with van der Waals surface area (Å²) in [6, 6.07) is 16.7. The number of hydrogen-bond donors (Lipinski definition) is 2. The molecule has 1 heterocycles. The first-order chi connectivity index (χ1) is 12.9. The first kappa shape index (κ1) is 18.8. The van der Waals surface area contributed by atoms with Crippen LogP contribution in [0.15, 0.2) is 60.8 Å². The minimum Gasteiger partial charge on any atom is -0.370 e. The van der Waals surface area contributed by atoms with Crippen LogP contribution in [0.2, 0.25) is 0 Å². The van der Waals surface area contributed by atoms with Gasteiger partial charge in [0.05, 0.1) is 0 Å². The Morgan fingerprint density at radius 1 is 0.926 bits per heavy atom. The number of hydrogen-bond acceptors (Lipinski definition) is 4. The van der Waals surface area contributed by atoms with E-state index in [0.29, 0.717) is 12.5 Å². The van der Waals surface area contributed by atoms with Gasteiger partial charge in [0, 0.05) is 18.4 Å². The second-order valence-electron chi connectivity index (χ2n) is 7.52. The van der Waals surface area contributed by atoms with E-state index in [1.165, 1.54) is 17.7 Å². The van der Waals surface area contributed by atoms with Crippen LogP contribution >= 0.6 is 0 Å². The van der Waals surface area contributed by atoms with Crippen LogP contribution in [0.3, 0.4) is 0 Å². The molecule has 2 N–H and O–H groups in total. The van der Waals surface area contributed by atoms with Gasteiger partial charge in [-0.1, -0.05) is 45.0 Å². The number of rotatable bonds is 6. The fourth-order valence-corrected chi connectivity index (χ4v) is 2.69. The van der Waals surface area contributed by atoms with Crippen molar-refractivity contribution in [3.8, 4) is 0 Å². The van der Waals surface area contributed by atoms with Crippen molar-refractivity contribution in [2.75, 3.05) is 17.2 Å². The summed E-state index contributed by atoms with van der Waals surface area (Å²) in [4.78, 5) is 8.77. The summed E-state index contributed by atoms with van der Waals surface area (Å²) in [5.74, 6) is 1.08. The monoisotopic (exact) mass is 364 g/mol. The number of aromatic nitrogens is 2. The van der Waals surface area contributed by atoms with Crippen molar-refractivity contribution >= 4 is 17.5 Å². The zero-order valence-corrected chi connectivity index (χ0v) is 16.0. The molecule has 0 unspecified atom stereocenters. The number of anilines is 3. The second-order valence-corrected chi connectivity index (χ2v) is 7.52. The zero-order chi connectivity index (χ0) is 19.3.